The average Bonchev–Trinajstić information content (AvgIpc) is 2.46. The van der Waals surface area contributed by atoms with Crippen LogP contribution in [0, 0.1) is 0 Å². The first-order valence-electron chi connectivity index (χ1n) is 5.11. The fraction of sp³-hybridized carbons (Fsp3) is 0.800. The molecule has 1 heterocycles. The quantitative estimate of drug-likeness (QED) is 0.860. The maximum absolute atomic E-state index is 5.44. The molecule has 1 aromatic rings. The Balaban J connectivity index is 2.46. The average molecular weight is 229 g/mol. The van der Waals surface area contributed by atoms with E-state index >= 15 is 0 Å². The zero-order valence-electron chi connectivity index (χ0n) is 10.00. The Labute approximate surface area is 95.1 Å². The molecule has 0 aromatic carbocycles. The Morgan fingerprint density at radius 3 is 2.53 bits per heavy atom. The molecule has 0 saturated carbocycles. The Morgan fingerprint density at radius 1 is 1.33 bits per heavy atom. The van der Waals surface area contributed by atoms with E-state index in [9.17, 15) is 0 Å². The SMILES string of the molecule is CC(C)Oc1nnc(CNC(C)(C)C)s1. The van der Waals surface area contributed by atoms with Gasteiger partial charge in [-0.3, -0.25) is 0 Å². The first-order chi connectivity index (χ1) is 6.87. The zero-order chi connectivity index (χ0) is 11.5. The molecule has 0 amide bonds. The third kappa shape index (κ3) is 5.09. The minimum absolute atomic E-state index is 0.102. The van der Waals surface area contributed by atoms with Crippen molar-refractivity contribution in [2.45, 2.75) is 52.8 Å². The maximum atomic E-state index is 5.44. The first-order valence-corrected chi connectivity index (χ1v) is 5.92. The van der Waals surface area contributed by atoms with E-state index in [-0.39, 0.29) is 11.6 Å². The van der Waals surface area contributed by atoms with Crippen LogP contribution >= 0.6 is 11.3 Å². The van der Waals surface area contributed by atoms with Gasteiger partial charge in [0.1, 0.15) is 5.01 Å². The predicted octanol–water partition coefficient (Wildman–Crippen LogP) is 2.21. The number of rotatable bonds is 4. The highest BCUT2D eigenvalue weighted by molar-refractivity contribution is 7.13. The van der Waals surface area contributed by atoms with Crippen molar-refractivity contribution in [1.29, 1.82) is 0 Å². The Bertz CT molecular complexity index is 304. The van der Waals surface area contributed by atoms with Gasteiger partial charge < -0.3 is 10.1 Å². The molecule has 15 heavy (non-hydrogen) atoms. The van der Waals surface area contributed by atoms with Gasteiger partial charge in [-0.05, 0) is 34.6 Å². The first kappa shape index (κ1) is 12.4. The van der Waals surface area contributed by atoms with Crippen LogP contribution in [0.4, 0.5) is 0 Å². The fourth-order valence-corrected chi connectivity index (χ4v) is 1.65. The minimum atomic E-state index is 0.102. The van der Waals surface area contributed by atoms with Gasteiger partial charge in [0.15, 0.2) is 0 Å². The van der Waals surface area contributed by atoms with Crippen molar-refractivity contribution in [2.75, 3.05) is 0 Å². The number of ether oxygens (including phenoxy) is 1. The van der Waals surface area contributed by atoms with E-state index in [0.717, 1.165) is 11.6 Å². The normalized spacial score (nSPS) is 12.1. The zero-order valence-corrected chi connectivity index (χ0v) is 10.8. The van der Waals surface area contributed by atoms with Crippen molar-refractivity contribution >= 4 is 11.3 Å². The standard InChI is InChI=1S/C10H19N3OS/c1-7(2)14-9-13-12-8(15-9)6-11-10(3,4)5/h7,11H,6H2,1-5H3. The number of aromatic nitrogens is 2. The molecule has 0 bridgehead atoms. The van der Waals surface area contributed by atoms with Crippen molar-refractivity contribution in [3.05, 3.63) is 5.01 Å². The van der Waals surface area contributed by atoms with Crippen molar-refractivity contribution in [3.8, 4) is 5.19 Å². The Kier molecular flexibility index (Phi) is 4.04. The molecule has 0 aliphatic carbocycles. The predicted molar refractivity (Wildman–Crippen MR) is 62.3 cm³/mol. The highest BCUT2D eigenvalue weighted by atomic mass is 32.1. The summed E-state index contributed by atoms with van der Waals surface area (Å²) < 4.78 is 5.44. The second-order valence-electron chi connectivity index (χ2n) is 4.73. The van der Waals surface area contributed by atoms with Crippen LogP contribution in [0.2, 0.25) is 0 Å². The summed E-state index contributed by atoms with van der Waals surface area (Å²) in [5.41, 5.74) is 0.102. The van der Waals surface area contributed by atoms with Crippen LogP contribution in [0.3, 0.4) is 0 Å². The van der Waals surface area contributed by atoms with Gasteiger partial charge in [-0.25, -0.2) is 0 Å². The number of nitrogens with zero attached hydrogens (tertiary/aromatic N) is 2. The largest absolute Gasteiger partial charge is 0.466 e. The van der Waals surface area contributed by atoms with Crippen molar-refractivity contribution < 1.29 is 4.74 Å². The smallest absolute Gasteiger partial charge is 0.294 e. The van der Waals surface area contributed by atoms with Gasteiger partial charge in [0.25, 0.3) is 5.19 Å². The second kappa shape index (κ2) is 4.90. The summed E-state index contributed by atoms with van der Waals surface area (Å²) in [6.45, 7) is 11.1. The van der Waals surface area contributed by atoms with Crippen LogP contribution in [0.1, 0.15) is 39.6 Å². The molecule has 0 spiro atoms. The molecule has 1 N–H and O–H groups in total. The van der Waals surface area contributed by atoms with Crippen LogP contribution in [0.15, 0.2) is 0 Å². The Hall–Kier alpha value is -0.680. The summed E-state index contributed by atoms with van der Waals surface area (Å²) in [4.78, 5) is 0. The van der Waals surface area contributed by atoms with Crippen molar-refractivity contribution in [3.63, 3.8) is 0 Å². The molecule has 5 heteroatoms. The van der Waals surface area contributed by atoms with Gasteiger partial charge in [0, 0.05) is 5.54 Å². The van der Waals surface area contributed by atoms with Crippen LogP contribution in [-0.4, -0.2) is 21.8 Å². The molecule has 4 nitrogen and oxygen atoms in total. The lowest BCUT2D eigenvalue weighted by Crippen LogP contribution is -2.35. The van der Waals surface area contributed by atoms with E-state index in [1.54, 1.807) is 0 Å². The summed E-state index contributed by atoms with van der Waals surface area (Å²) in [6.07, 6.45) is 0.154. The molecule has 86 valence electrons. The monoisotopic (exact) mass is 229 g/mol. The highest BCUT2D eigenvalue weighted by Crippen LogP contribution is 2.19. The van der Waals surface area contributed by atoms with Gasteiger partial charge in [-0.1, -0.05) is 16.4 Å². The molecular weight excluding hydrogens is 210 g/mol. The molecule has 0 radical (unpaired) electrons. The molecular formula is C10H19N3OS. The van der Waals surface area contributed by atoms with E-state index in [2.05, 4.69) is 36.3 Å². The summed E-state index contributed by atoms with van der Waals surface area (Å²) in [6, 6.07) is 0. The van der Waals surface area contributed by atoms with E-state index in [1.807, 2.05) is 13.8 Å². The molecule has 0 aliphatic heterocycles. The molecule has 1 rings (SSSR count). The highest BCUT2D eigenvalue weighted by Gasteiger charge is 2.11. The topological polar surface area (TPSA) is 47.0 Å². The van der Waals surface area contributed by atoms with Crippen LogP contribution < -0.4 is 10.1 Å². The lowest BCUT2D eigenvalue weighted by molar-refractivity contribution is 0.239. The van der Waals surface area contributed by atoms with E-state index in [1.165, 1.54) is 11.3 Å². The molecule has 1 aromatic heterocycles. The Morgan fingerprint density at radius 2 is 2.00 bits per heavy atom. The van der Waals surface area contributed by atoms with E-state index in [0.29, 0.717) is 5.19 Å². The molecule has 0 unspecified atom stereocenters. The van der Waals surface area contributed by atoms with Crippen molar-refractivity contribution in [2.24, 2.45) is 0 Å². The summed E-state index contributed by atoms with van der Waals surface area (Å²) >= 11 is 1.49. The van der Waals surface area contributed by atoms with Crippen LogP contribution in [0.5, 0.6) is 5.19 Å². The van der Waals surface area contributed by atoms with Gasteiger partial charge in [0.2, 0.25) is 0 Å². The van der Waals surface area contributed by atoms with Gasteiger partial charge in [-0.15, -0.1) is 5.10 Å². The van der Waals surface area contributed by atoms with Gasteiger partial charge in [-0.2, -0.15) is 0 Å². The van der Waals surface area contributed by atoms with Crippen LogP contribution in [-0.2, 0) is 6.54 Å². The third-order valence-electron chi connectivity index (χ3n) is 1.55. The lowest BCUT2D eigenvalue weighted by atomic mass is 10.1. The lowest BCUT2D eigenvalue weighted by Gasteiger charge is -2.19. The number of hydrogen-bond acceptors (Lipinski definition) is 5. The van der Waals surface area contributed by atoms with E-state index < -0.39 is 0 Å². The van der Waals surface area contributed by atoms with E-state index in [4.69, 9.17) is 4.74 Å². The number of nitrogens with one attached hydrogen (secondary N) is 1. The van der Waals surface area contributed by atoms with Crippen molar-refractivity contribution in [1.82, 2.24) is 15.5 Å². The summed E-state index contributed by atoms with van der Waals surface area (Å²) in [7, 11) is 0. The third-order valence-corrected chi connectivity index (χ3v) is 2.37. The summed E-state index contributed by atoms with van der Waals surface area (Å²) in [5, 5.41) is 13.0. The second-order valence-corrected chi connectivity index (χ2v) is 5.76. The maximum Gasteiger partial charge on any atom is 0.294 e. The molecule has 0 atom stereocenters. The molecule has 0 fully saturated rings. The molecule has 0 saturated heterocycles. The molecule has 0 aliphatic rings. The van der Waals surface area contributed by atoms with Gasteiger partial charge >= 0.3 is 0 Å². The van der Waals surface area contributed by atoms with Crippen LogP contribution in [0.25, 0.3) is 0 Å². The fourth-order valence-electron chi connectivity index (χ4n) is 0.900. The number of hydrogen-bond donors (Lipinski definition) is 1. The summed E-state index contributed by atoms with van der Waals surface area (Å²) in [5.74, 6) is 0. The van der Waals surface area contributed by atoms with Gasteiger partial charge in [0.05, 0.1) is 12.6 Å². The minimum Gasteiger partial charge on any atom is -0.466 e.